The summed E-state index contributed by atoms with van der Waals surface area (Å²) >= 11 is 0. The standard InChI is InChI=1S/C46H48N6O8/c1-47-25-45(54)50-34-11-7-29(8-12-34)31-17-35(51(2)26-31)23-48-39-21-43(41(57-4)19-33(39)28-53)59-15-6-16-60-44-22-40-38(20-42(44)58-5)46(55)52-27-32(18-36(52)24-49-40)30-9-13-37(56-3)14-10-30/h7-14,19-24,26-28,35-36,47H,6,15-18,25H2,1-5H3,(H,50,54). The Bertz CT molecular complexity index is 2360. The van der Waals surface area contributed by atoms with Crippen molar-refractivity contribution in [1.82, 2.24) is 15.1 Å². The van der Waals surface area contributed by atoms with Gasteiger partial charge in [0.15, 0.2) is 29.3 Å². The first kappa shape index (κ1) is 41.2. The number of rotatable bonds is 17. The molecule has 4 aromatic rings. The van der Waals surface area contributed by atoms with Crippen molar-refractivity contribution in [2.24, 2.45) is 9.98 Å². The van der Waals surface area contributed by atoms with Crippen molar-refractivity contribution in [3.05, 3.63) is 107 Å². The zero-order valence-electron chi connectivity index (χ0n) is 34.3. The third-order valence-electron chi connectivity index (χ3n) is 10.5. The summed E-state index contributed by atoms with van der Waals surface area (Å²) in [5.74, 6) is 2.23. The predicted molar refractivity (Wildman–Crippen MR) is 232 cm³/mol. The summed E-state index contributed by atoms with van der Waals surface area (Å²) in [6.45, 7) is 0.801. The Labute approximate surface area is 349 Å². The summed E-state index contributed by atoms with van der Waals surface area (Å²) in [6.07, 6.45) is 10.2. The first-order valence-electron chi connectivity index (χ1n) is 19.6. The highest BCUT2D eigenvalue weighted by Crippen LogP contribution is 2.40. The highest BCUT2D eigenvalue weighted by Gasteiger charge is 2.33. The molecule has 7 rings (SSSR count). The van der Waals surface area contributed by atoms with Crippen molar-refractivity contribution in [2.75, 3.05) is 60.5 Å². The number of hydrogen-bond donors (Lipinski definition) is 2. The van der Waals surface area contributed by atoms with E-state index in [4.69, 9.17) is 33.7 Å². The normalized spacial score (nSPS) is 16.8. The van der Waals surface area contributed by atoms with Gasteiger partial charge in [-0.3, -0.25) is 24.4 Å². The second kappa shape index (κ2) is 18.8. The van der Waals surface area contributed by atoms with Crippen LogP contribution in [0.15, 0.2) is 95.2 Å². The number of methoxy groups -OCH3 is 3. The molecule has 0 bridgehead atoms. The Morgan fingerprint density at radius 2 is 1.52 bits per heavy atom. The maximum atomic E-state index is 13.8. The molecule has 2 N–H and O–H groups in total. The fourth-order valence-electron chi connectivity index (χ4n) is 7.26. The van der Waals surface area contributed by atoms with Crippen LogP contribution in [0.5, 0.6) is 28.7 Å². The SMILES string of the molecule is CNCC(=O)Nc1ccc(C2=CN(C)C(C=Nc3cc(OCCCOc4cc5c(cc4OC)C(=O)N4C=C(c6ccc(OC)cc6)CC4C=N5)c(OC)cc3C=O)C2)cc1. The molecule has 2 unspecified atom stereocenters. The Morgan fingerprint density at radius 1 is 0.850 bits per heavy atom. The molecule has 310 valence electrons. The van der Waals surface area contributed by atoms with Gasteiger partial charge < -0.3 is 44.1 Å². The number of anilines is 1. The number of carbonyl (C=O) groups excluding carboxylic acids is 3. The molecule has 14 nitrogen and oxygen atoms in total. The van der Waals surface area contributed by atoms with Crippen molar-refractivity contribution >= 4 is 58.7 Å². The molecule has 0 fully saturated rings. The summed E-state index contributed by atoms with van der Waals surface area (Å²) in [5.41, 5.74) is 6.72. The van der Waals surface area contributed by atoms with Gasteiger partial charge in [0.2, 0.25) is 5.91 Å². The van der Waals surface area contributed by atoms with Crippen LogP contribution in [0.25, 0.3) is 11.1 Å². The number of fused-ring (bicyclic) bond motifs is 2. The summed E-state index contributed by atoms with van der Waals surface area (Å²) in [5, 5.41) is 5.70. The molecular weight excluding hydrogens is 765 g/mol. The van der Waals surface area contributed by atoms with Crippen LogP contribution in [0, 0.1) is 0 Å². The molecule has 0 saturated heterocycles. The Kier molecular flexibility index (Phi) is 12.9. The molecule has 3 aliphatic heterocycles. The van der Waals surface area contributed by atoms with E-state index in [0.717, 1.165) is 40.0 Å². The zero-order valence-corrected chi connectivity index (χ0v) is 34.3. The molecule has 2 atom stereocenters. The fourth-order valence-corrected chi connectivity index (χ4v) is 7.26. The van der Waals surface area contributed by atoms with Gasteiger partial charge in [-0.15, -0.1) is 0 Å². The maximum absolute atomic E-state index is 13.8. The van der Waals surface area contributed by atoms with Crippen molar-refractivity contribution in [3.63, 3.8) is 0 Å². The van der Waals surface area contributed by atoms with Crippen LogP contribution in [0.4, 0.5) is 17.1 Å². The summed E-state index contributed by atoms with van der Waals surface area (Å²) in [4.78, 5) is 51.0. The topological polar surface area (TPSA) is 153 Å². The smallest absolute Gasteiger partial charge is 0.260 e. The molecule has 0 saturated carbocycles. The number of benzene rings is 4. The summed E-state index contributed by atoms with van der Waals surface area (Å²) in [6, 6.07) is 22.0. The molecule has 0 aromatic heterocycles. The van der Waals surface area contributed by atoms with Gasteiger partial charge in [0, 0.05) is 68.1 Å². The summed E-state index contributed by atoms with van der Waals surface area (Å²) < 4.78 is 28.8. The van der Waals surface area contributed by atoms with Gasteiger partial charge in [-0.2, -0.15) is 0 Å². The lowest BCUT2D eigenvalue weighted by Gasteiger charge is -2.19. The van der Waals surface area contributed by atoms with Crippen LogP contribution in [-0.4, -0.2) is 108 Å². The van der Waals surface area contributed by atoms with E-state index in [2.05, 4.69) is 21.7 Å². The van der Waals surface area contributed by atoms with Gasteiger partial charge in [-0.05, 0) is 72.1 Å². The van der Waals surface area contributed by atoms with E-state index in [-0.39, 0.29) is 43.7 Å². The van der Waals surface area contributed by atoms with E-state index in [1.54, 1.807) is 49.5 Å². The van der Waals surface area contributed by atoms with E-state index in [0.29, 0.717) is 64.8 Å². The Morgan fingerprint density at radius 3 is 2.18 bits per heavy atom. The molecule has 14 heteroatoms. The molecule has 0 spiro atoms. The van der Waals surface area contributed by atoms with Crippen LogP contribution in [0.1, 0.15) is 51.1 Å². The number of aldehydes is 1. The average Bonchev–Trinajstić information content (AvgIpc) is 3.84. The van der Waals surface area contributed by atoms with E-state index < -0.39 is 0 Å². The third-order valence-corrected chi connectivity index (χ3v) is 10.5. The predicted octanol–water partition coefficient (Wildman–Crippen LogP) is 6.95. The van der Waals surface area contributed by atoms with Gasteiger partial charge in [0.25, 0.3) is 5.91 Å². The molecule has 3 aliphatic rings. The third kappa shape index (κ3) is 9.18. The second-order valence-corrected chi connectivity index (χ2v) is 14.4. The molecule has 3 heterocycles. The number of aliphatic imine (C=N–C) groups is 2. The highest BCUT2D eigenvalue weighted by molar-refractivity contribution is 6.05. The zero-order chi connectivity index (χ0) is 42.2. The van der Waals surface area contributed by atoms with Crippen molar-refractivity contribution in [1.29, 1.82) is 0 Å². The average molecular weight is 813 g/mol. The molecular formula is C46H48N6O8. The lowest BCUT2D eigenvalue weighted by molar-refractivity contribution is -0.115. The van der Waals surface area contributed by atoms with Gasteiger partial charge in [-0.1, -0.05) is 24.3 Å². The van der Waals surface area contributed by atoms with Crippen molar-refractivity contribution in [3.8, 4) is 28.7 Å². The van der Waals surface area contributed by atoms with Crippen molar-refractivity contribution < 1.29 is 38.1 Å². The van der Waals surface area contributed by atoms with Crippen LogP contribution in [0.3, 0.4) is 0 Å². The fraction of sp³-hybridized carbons (Fsp3) is 0.283. The highest BCUT2D eigenvalue weighted by atomic mass is 16.5. The number of amides is 2. The van der Waals surface area contributed by atoms with Gasteiger partial charge in [0.1, 0.15) is 5.75 Å². The molecule has 0 radical (unpaired) electrons. The number of nitrogens with one attached hydrogen (secondary N) is 2. The van der Waals surface area contributed by atoms with E-state index in [1.165, 1.54) is 14.2 Å². The van der Waals surface area contributed by atoms with Gasteiger partial charge >= 0.3 is 0 Å². The largest absolute Gasteiger partial charge is 0.497 e. The van der Waals surface area contributed by atoms with Gasteiger partial charge in [-0.25, -0.2) is 0 Å². The van der Waals surface area contributed by atoms with Crippen LogP contribution in [0.2, 0.25) is 0 Å². The number of nitrogens with zero attached hydrogens (tertiary/aromatic N) is 4. The lowest BCUT2D eigenvalue weighted by Crippen LogP contribution is -2.32. The minimum Gasteiger partial charge on any atom is -0.497 e. The second-order valence-electron chi connectivity index (χ2n) is 14.4. The first-order chi connectivity index (χ1) is 29.2. The van der Waals surface area contributed by atoms with Crippen LogP contribution >= 0.6 is 0 Å². The lowest BCUT2D eigenvalue weighted by atomic mass is 10.0. The number of likely N-dealkylation sites (N-methyl/N-ethyl adjacent to an activating group) is 1. The van der Waals surface area contributed by atoms with E-state index in [9.17, 15) is 14.4 Å². The minimum atomic E-state index is -0.215. The molecule has 60 heavy (non-hydrogen) atoms. The monoisotopic (exact) mass is 812 g/mol. The Balaban J connectivity index is 0.956. The van der Waals surface area contributed by atoms with E-state index >= 15 is 0 Å². The summed E-state index contributed by atoms with van der Waals surface area (Å²) in [7, 11) is 8.39. The van der Waals surface area contributed by atoms with E-state index in [1.807, 2.05) is 68.0 Å². The minimum absolute atomic E-state index is 0.0427. The number of hydrogen-bond acceptors (Lipinski definition) is 12. The Hall–Kier alpha value is -6.93. The van der Waals surface area contributed by atoms with Gasteiger partial charge in [0.05, 0.1) is 70.1 Å². The number of ether oxygens (including phenoxy) is 5. The van der Waals surface area contributed by atoms with Crippen molar-refractivity contribution in [2.45, 2.75) is 31.3 Å². The molecule has 0 aliphatic carbocycles. The number of carbonyl (C=O) groups is 3. The maximum Gasteiger partial charge on any atom is 0.260 e. The van der Waals surface area contributed by atoms with Crippen LogP contribution in [-0.2, 0) is 4.79 Å². The quantitative estimate of drug-likeness (QED) is 0.0651. The first-order valence-corrected chi connectivity index (χ1v) is 19.6. The molecule has 2 amide bonds. The molecule has 4 aromatic carbocycles. The van der Waals surface area contributed by atoms with Crippen LogP contribution < -0.4 is 34.3 Å².